The molecule has 0 aliphatic carbocycles. The zero-order valence-corrected chi connectivity index (χ0v) is 19.3. The van der Waals surface area contributed by atoms with E-state index in [0.717, 1.165) is 27.8 Å². The minimum atomic E-state index is -0.424. The number of nitrogens with zero attached hydrogens (tertiary/aromatic N) is 1. The van der Waals surface area contributed by atoms with E-state index in [-0.39, 0.29) is 18.0 Å². The Hall–Kier alpha value is -4.03. The van der Waals surface area contributed by atoms with Crippen molar-refractivity contribution in [2.75, 3.05) is 7.11 Å². The van der Waals surface area contributed by atoms with E-state index in [2.05, 4.69) is 0 Å². The lowest BCUT2D eigenvalue weighted by atomic mass is 10.1. The fraction of sp³-hybridized carbons (Fsp3) is 0.111. The van der Waals surface area contributed by atoms with Crippen LogP contribution in [0.15, 0.2) is 72.6 Å². The summed E-state index contributed by atoms with van der Waals surface area (Å²) in [6.45, 7) is 0. The summed E-state index contributed by atoms with van der Waals surface area (Å²) in [5, 5.41) is 1.54. The number of carbonyl (C=O) groups excluding carboxylic acids is 2. The summed E-state index contributed by atoms with van der Waals surface area (Å²) in [4.78, 5) is 25.3. The number of aromatic nitrogens is 1. The number of hydrogen-bond acceptors (Lipinski definition) is 5. The van der Waals surface area contributed by atoms with Crippen LogP contribution in [-0.2, 0) is 18.3 Å². The van der Waals surface area contributed by atoms with Crippen molar-refractivity contribution in [2.45, 2.75) is 6.42 Å². The van der Waals surface area contributed by atoms with Crippen molar-refractivity contribution < 1.29 is 23.8 Å². The number of rotatable bonds is 5. The number of ether oxygens (including phenoxy) is 3. The number of Topliss-reactive ketones (excluding diaryl/α,β-unsaturated/α-hetero) is 1. The molecule has 0 radical (unpaired) electrons. The van der Waals surface area contributed by atoms with Crippen molar-refractivity contribution in [1.29, 1.82) is 0 Å². The maximum absolute atomic E-state index is 12.9. The number of allylic oxidation sites excluding steroid dienone is 1. The second kappa shape index (κ2) is 8.72. The first-order chi connectivity index (χ1) is 16.4. The highest BCUT2D eigenvalue weighted by Crippen LogP contribution is 2.36. The molecule has 0 fully saturated rings. The predicted molar refractivity (Wildman–Crippen MR) is 130 cm³/mol. The topological polar surface area (TPSA) is 66.8 Å². The number of ketones is 1. The van der Waals surface area contributed by atoms with Gasteiger partial charge in [0.25, 0.3) is 0 Å². The van der Waals surface area contributed by atoms with E-state index in [9.17, 15) is 9.59 Å². The first-order valence-corrected chi connectivity index (χ1v) is 11.0. The van der Waals surface area contributed by atoms with E-state index in [4.69, 9.17) is 25.8 Å². The molecule has 7 heteroatoms. The van der Waals surface area contributed by atoms with Crippen LogP contribution in [0.1, 0.15) is 21.5 Å². The molecule has 5 rings (SSSR count). The number of methoxy groups -OCH3 is 1. The minimum absolute atomic E-state index is 0.101. The molecule has 0 amide bonds. The Morgan fingerprint density at radius 2 is 1.82 bits per heavy atom. The lowest BCUT2D eigenvalue weighted by Gasteiger charge is -2.06. The molecule has 0 bridgehead atoms. The third kappa shape index (κ3) is 4.16. The van der Waals surface area contributed by atoms with Crippen LogP contribution in [0.2, 0.25) is 5.02 Å². The van der Waals surface area contributed by atoms with Crippen LogP contribution < -0.4 is 14.2 Å². The second-order valence-corrected chi connectivity index (χ2v) is 8.39. The molecule has 2 heterocycles. The number of benzene rings is 3. The fourth-order valence-corrected chi connectivity index (χ4v) is 4.08. The molecule has 0 spiro atoms. The Balaban J connectivity index is 1.37. The van der Waals surface area contributed by atoms with Crippen molar-refractivity contribution in [3.8, 4) is 17.2 Å². The van der Waals surface area contributed by atoms with Gasteiger partial charge in [-0.3, -0.25) is 9.59 Å². The monoisotopic (exact) mass is 473 g/mol. The Morgan fingerprint density at radius 1 is 1.06 bits per heavy atom. The molecule has 3 aromatic carbocycles. The van der Waals surface area contributed by atoms with E-state index >= 15 is 0 Å². The van der Waals surface area contributed by atoms with Gasteiger partial charge >= 0.3 is 5.97 Å². The molecule has 0 saturated heterocycles. The smallest absolute Gasteiger partial charge is 0.315 e. The van der Waals surface area contributed by atoms with Gasteiger partial charge in [0.1, 0.15) is 17.2 Å². The SMILES string of the molecule is COc1ccc2c(c1)c(/C=C1\Oc3cc(OC(=O)Cc4ccc(Cl)cc4)ccc3C1=O)cn2C. The van der Waals surface area contributed by atoms with Crippen LogP contribution in [0, 0.1) is 0 Å². The second-order valence-electron chi connectivity index (χ2n) is 7.95. The molecule has 1 aliphatic rings. The first-order valence-electron chi connectivity index (χ1n) is 10.6. The van der Waals surface area contributed by atoms with Crippen LogP contribution in [0.25, 0.3) is 17.0 Å². The summed E-state index contributed by atoms with van der Waals surface area (Å²) in [7, 11) is 3.55. The lowest BCUT2D eigenvalue weighted by Crippen LogP contribution is -2.11. The van der Waals surface area contributed by atoms with Crippen LogP contribution in [0.4, 0.5) is 0 Å². The fourth-order valence-electron chi connectivity index (χ4n) is 3.95. The summed E-state index contributed by atoms with van der Waals surface area (Å²) in [6.07, 6.45) is 3.75. The zero-order valence-electron chi connectivity index (χ0n) is 18.5. The molecule has 4 aromatic rings. The summed E-state index contributed by atoms with van der Waals surface area (Å²) in [5.41, 5.74) is 3.05. The molecule has 34 heavy (non-hydrogen) atoms. The summed E-state index contributed by atoms with van der Waals surface area (Å²) in [6, 6.07) is 17.5. The predicted octanol–water partition coefficient (Wildman–Crippen LogP) is 5.60. The minimum Gasteiger partial charge on any atom is -0.497 e. The maximum Gasteiger partial charge on any atom is 0.315 e. The van der Waals surface area contributed by atoms with Crippen molar-refractivity contribution >= 4 is 40.3 Å². The molecule has 1 aliphatic heterocycles. The molecule has 0 unspecified atom stereocenters. The number of hydrogen-bond donors (Lipinski definition) is 0. The van der Waals surface area contributed by atoms with E-state index < -0.39 is 5.97 Å². The van der Waals surface area contributed by atoms with Gasteiger partial charge in [-0.1, -0.05) is 23.7 Å². The van der Waals surface area contributed by atoms with E-state index in [1.54, 1.807) is 55.7 Å². The third-order valence-corrected chi connectivity index (χ3v) is 5.90. The van der Waals surface area contributed by atoms with Gasteiger partial charge in [-0.15, -0.1) is 0 Å². The van der Waals surface area contributed by atoms with Gasteiger partial charge in [-0.05, 0) is 54.1 Å². The molecular formula is C27H20ClNO5. The van der Waals surface area contributed by atoms with Crippen molar-refractivity contribution in [1.82, 2.24) is 4.57 Å². The number of fused-ring (bicyclic) bond motifs is 2. The normalized spacial score (nSPS) is 13.7. The Morgan fingerprint density at radius 3 is 2.59 bits per heavy atom. The van der Waals surface area contributed by atoms with Crippen LogP contribution in [0.5, 0.6) is 17.2 Å². The van der Waals surface area contributed by atoms with E-state index in [1.165, 1.54) is 0 Å². The number of halogens is 1. The Bertz CT molecular complexity index is 1470. The van der Waals surface area contributed by atoms with Crippen molar-refractivity contribution in [2.24, 2.45) is 7.05 Å². The molecule has 1 aromatic heterocycles. The van der Waals surface area contributed by atoms with Gasteiger partial charge in [0.15, 0.2) is 5.76 Å². The summed E-state index contributed by atoms with van der Waals surface area (Å²) < 4.78 is 18.6. The Labute approximate surface area is 200 Å². The standard InChI is InChI=1S/C27H20ClNO5/c1-29-15-17(22-13-19(32-2)8-10-23(22)29)12-25-27(31)21-9-7-20(14-24(21)34-25)33-26(30)11-16-3-5-18(28)6-4-16/h3-10,12-15H,11H2,1-2H3/b25-12-. The maximum atomic E-state index is 12.9. The Kier molecular flexibility index (Phi) is 5.59. The van der Waals surface area contributed by atoms with Gasteiger partial charge in [0, 0.05) is 40.8 Å². The largest absolute Gasteiger partial charge is 0.497 e. The zero-order chi connectivity index (χ0) is 23.8. The molecule has 0 saturated carbocycles. The number of esters is 1. The third-order valence-electron chi connectivity index (χ3n) is 5.65. The van der Waals surface area contributed by atoms with Crippen LogP contribution >= 0.6 is 11.6 Å². The molecular weight excluding hydrogens is 454 g/mol. The lowest BCUT2D eigenvalue weighted by molar-refractivity contribution is -0.133. The summed E-state index contributed by atoms with van der Waals surface area (Å²) >= 11 is 5.88. The van der Waals surface area contributed by atoms with Gasteiger partial charge < -0.3 is 18.8 Å². The van der Waals surface area contributed by atoms with Gasteiger partial charge in [0.05, 0.1) is 19.1 Å². The molecule has 6 nitrogen and oxygen atoms in total. The average molecular weight is 474 g/mol. The van der Waals surface area contributed by atoms with Gasteiger partial charge in [-0.2, -0.15) is 0 Å². The van der Waals surface area contributed by atoms with Crippen LogP contribution in [0.3, 0.4) is 0 Å². The number of aryl methyl sites for hydroxylation is 1. The molecule has 170 valence electrons. The first kappa shape index (κ1) is 21.8. The van der Waals surface area contributed by atoms with Gasteiger partial charge in [0.2, 0.25) is 5.78 Å². The molecule has 0 N–H and O–H groups in total. The average Bonchev–Trinajstić information content (AvgIpc) is 3.30. The highest BCUT2D eigenvalue weighted by atomic mass is 35.5. The van der Waals surface area contributed by atoms with Gasteiger partial charge in [-0.25, -0.2) is 0 Å². The number of carbonyl (C=O) groups is 2. The molecule has 0 atom stereocenters. The highest BCUT2D eigenvalue weighted by molar-refractivity contribution is 6.30. The van der Waals surface area contributed by atoms with E-state index in [0.29, 0.717) is 22.1 Å². The highest BCUT2D eigenvalue weighted by Gasteiger charge is 2.28. The van der Waals surface area contributed by atoms with Crippen LogP contribution in [-0.4, -0.2) is 23.4 Å². The van der Waals surface area contributed by atoms with E-state index in [1.807, 2.05) is 36.0 Å². The quantitative estimate of drug-likeness (QED) is 0.214. The van der Waals surface area contributed by atoms with Crippen molar-refractivity contribution in [3.63, 3.8) is 0 Å². The summed E-state index contributed by atoms with van der Waals surface area (Å²) in [5.74, 6) is 0.939. The van der Waals surface area contributed by atoms with Crippen molar-refractivity contribution in [3.05, 3.63) is 94.3 Å².